The van der Waals surface area contributed by atoms with Crippen molar-refractivity contribution in [3.63, 3.8) is 0 Å². The van der Waals surface area contributed by atoms with Gasteiger partial charge in [-0.15, -0.1) is 0 Å². The van der Waals surface area contributed by atoms with Crippen LogP contribution in [0, 0.1) is 11.6 Å². The number of aromatic nitrogens is 2. The van der Waals surface area contributed by atoms with Crippen LogP contribution in [0.3, 0.4) is 0 Å². The van der Waals surface area contributed by atoms with E-state index in [0.717, 1.165) is 5.56 Å². The molecule has 0 radical (unpaired) electrons. The molecule has 2 aromatic carbocycles. The van der Waals surface area contributed by atoms with Crippen LogP contribution >= 0.6 is 0 Å². The molecule has 0 unspecified atom stereocenters. The average molecular weight is 343 g/mol. The maximum Gasteiger partial charge on any atom is 0.254 e. The number of hydrogen-bond acceptors (Lipinski definition) is 3. The van der Waals surface area contributed by atoms with E-state index in [0.29, 0.717) is 11.5 Å². The number of nitrogens with zero attached hydrogens (tertiary/aromatic N) is 1. The van der Waals surface area contributed by atoms with E-state index in [1.54, 1.807) is 18.3 Å². The average Bonchev–Trinajstić information content (AvgIpc) is 3.09. The molecule has 0 spiro atoms. The normalized spacial score (nSPS) is 10.5. The summed E-state index contributed by atoms with van der Waals surface area (Å²) in [6, 6.07) is 10.3. The Morgan fingerprint density at radius 3 is 2.68 bits per heavy atom. The molecule has 0 bridgehead atoms. The monoisotopic (exact) mass is 343 g/mol. The largest absolute Gasteiger partial charge is 0.494 e. The van der Waals surface area contributed by atoms with Gasteiger partial charge in [0.05, 0.1) is 31.1 Å². The first-order chi connectivity index (χ1) is 12.1. The molecule has 0 saturated carbocycles. The van der Waals surface area contributed by atoms with Gasteiger partial charge in [0.2, 0.25) is 0 Å². The fourth-order valence-corrected chi connectivity index (χ4v) is 2.33. The molecule has 0 aliphatic rings. The van der Waals surface area contributed by atoms with Crippen molar-refractivity contribution in [2.24, 2.45) is 0 Å². The van der Waals surface area contributed by atoms with Gasteiger partial charge in [0, 0.05) is 0 Å². The van der Waals surface area contributed by atoms with Gasteiger partial charge < -0.3 is 15.0 Å². The summed E-state index contributed by atoms with van der Waals surface area (Å²) < 4.78 is 31.9. The molecule has 3 rings (SSSR count). The number of halogens is 2. The Bertz CT molecular complexity index is 892. The fourth-order valence-electron chi connectivity index (χ4n) is 2.33. The molecular weight excluding hydrogens is 328 g/mol. The van der Waals surface area contributed by atoms with E-state index in [1.807, 2.05) is 0 Å². The number of imidazole rings is 1. The smallest absolute Gasteiger partial charge is 0.254 e. The summed E-state index contributed by atoms with van der Waals surface area (Å²) in [5, 5.41) is 2.59. The van der Waals surface area contributed by atoms with E-state index in [1.165, 1.54) is 37.4 Å². The van der Waals surface area contributed by atoms with Crippen LogP contribution in [-0.4, -0.2) is 23.0 Å². The van der Waals surface area contributed by atoms with E-state index in [2.05, 4.69) is 15.3 Å². The van der Waals surface area contributed by atoms with Crippen molar-refractivity contribution in [1.29, 1.82) is 0 Å². The number of hydrogen-bond donors (Lipinski definition) is 2. The Labute approximate surface area is 142 Å². The van der Waals surface area contributed by atoms with Gasteiger partial charge in [0.15, 0.2) is 11.6 Å². The highest BCUT2D eigenvalue weighted by Crippen LogP contribution is 2.20. The van der Waals surface area contributed by atoms with Gasteiger partial charge in [0.25, 0.3) is 5.91 Å². The topological polar surface area (TPSA) is 67.0 Å². The van der Waals surface area contributed by atoms with Crippen LogP contribution in [-0.2, 0) is 6.54 Å². The van der Waals surface area contributed by atoms with Crippen molar-refractivity contribution in [2.45, 2.75) is 6.54 Å². The summed E-state index contributed by atoms with van der Waals surface area (Å²) in [6.07, 6.45) is 1.58. The number of amides is 1. The van der Waals surface area contributed by atoms with Crippen molar-refractivity contribution >= 4 is 5.91 Å². The number of methoxy groups -OCH3 is 1. The molecule has 5 nitrogen and oxygen atoms in total. The number of rotatable bonds is 5. The zero-order valence-electron chi connectivity index (χ0n) is 13.3. The van der Waals surface area contributed by atoms with Gasteiger partial charge >= 0.3 is 0 Å². The number of nitrogens with one attached hydrogen (secondary N) is 2. The van der Waals surface area contributed by atoms with Crippen LogP contribution in [0.5, 0.6) is 5.75 Å². The molecule has 0 aliphatic heterocycles. The number of carbonyl (C=O) groups excluding carboxylic acids is 1. The molecule has 0 atom stereocenters. The molecule has 1 aromatic heterocycles. The fraction of sp³-hybridized carbons (Fsp3) is 0.111. The van der Waals surface area contributed by atoms with Gasteiger partial charge in [-0.1, -0.05) is 6.07 Å². The first-order valence-electron chi connectivity index (χ1n) is 7.49. The Kier molecular flexibility index (Phi) is 4.74. The van der Waals surface area contributed by atoms with Crippen molar-refractivity contribution in [3.8, 4) is 17.0 Å². The minimum Gasteiger partial charge on any atom is -0.494 e. The van der Waals surface area contributed by atoms with Gasteiger partial charge in [-0.05, 0) is 42.0 Å². The highest BCUT2D eigenvalue weighted by atomic mass is 19.1. The summed E-state index contributed by atoms with van der Waals surface area (Å²) in [7, 11) is 1.33. The molecular formula is C18H15F2N3O2. The van der Waals surface area contributed by atoms with E-state index >= 15 is 0 Å². The molecule has 7 heteroatoms. The van der Waals surface area contributed by atoms with Gasteiger partial charge in [0.1, 0.15) is 11.6 Å². The molecule has 25 heavy (non-hydrogen) atoms. The summed E-state index contributed by atoms with van der Waals surface area (Å²) in [6.45, 7) is 0.0939. The Balaban J connectivity index is 1.68. The lowest BCUT2D eigenvalue weighted by Gasteiger charge is -2.07. The first kappa shape index (κ1) is 16.6. The summed E-state index contributed by atoms with van der Waals surface area (Å²) in [5.41, 5.74) is 1.35. The number of ether oxygens (including phenoxy) is 1. The summed E-state index contributed by atoms with van der Waals surface area (Å²) >= 11 is 0. The van der Waals surface area contributed by atoms with Crippen LogP contribution in [0.15, 0.2) is 48.7 Å². The van der Waals surface area contributed by atoms with Crippen LogP contribution in [0.4, 0.5) is 8.78 Å². The predicted octanol–water partition coefficient (Wildman–Crippen LogP) is 3.29. The standard InChI is InChI=1S/C18H15F2N3O2/c1-25-15-4-2-3-13(17(15)20)18(24)22-10-16-21-9-14(23-16)11-5-7-12(19)8-6-11/h2-9H,10H2,1H3,(H,21,23)(H,22,24). The molecule has 0 saturated heterocycles. The molecule has 1 heterocycles. The van der Waals surface area contributed by atoms with Gasteiger partial charge in [-0.25, -0.2) is 13.8 Å². The summed E-state index contributed by atoms with van der Waals surface area (Å²) in [4.78, 5) is 19.3. The third-order valence-corrected chi connectivity index (χ3v) is 3.63. The zero-order valence-corrected chi connectivity index (χ0v) is 13.3. The van der Waals surface area contributed by atoms with Gasteiger partial charge in [-0.3, -0.25) is 4.79 Å². The maximum absolute atomic E-state index is 14.1. The molecule has 128 valence electrons. The SMILES string of the molecule is COc1cccc(C(=O)NCc2ncc(-c3ccc(F)cc3)[nH]2)c1F. The molecule has 1 amide bonds. The maximum atomic E-state index is 14.1. The second kappa shape index (κ2) is 7.12. The van der Waals surface area contributed by atoms with Crippen molar-refractivity contribution < 1.29 is 18.3 Å². The quantitative estimate of drug-likeness (QED) is 0.747. The van der Waals surface area contributed by atoms with Crippen LogP contribution < -0.4 is 10.1 Å². The lowest BCUT2D eigenvalue weighted by Crippen LogP contribution is -2.24. The van der Waals surface area contributed by atoms with Crippen LogP contribution in [0.2, 0.25) is 0 Å². The number of aromatic amines is 1. The van der Waals surface area contributed by atoms with Gasteiger partial charge in [-0.2, -0.15) is 0 Å². The Morgan fingerprint density at radius 1 is 1.20 bits per heavy atom. The summed E-state index contributed by atoms with van der Waals surface area (Å²) in [5.74, 6) is -1.11. The number of carbonyl (C=O) groups is 1. The lowest BCUT2D eigenvalue weighted by atomic mass is 10.2. The highest BCUT2D eigenvalue weighted by Gasteiger charge is 2.15. The Morgan fingerprint density at radius 2 is 1.96 bits per heavy atom. The number of H-pyrrole nitrogens is 1. The van der Waals surface area contributed by atoms with Crippen molar-refractivity contribution in [2.75, 3.05) is 7.11 Å². The van der Waals surface area contributed by atoms with E-state index < -0.39 is 11.7 Å². The Hall–Kier alpha value is -3.22. The molecule has 2 N–H and O–H groups in total. The highest BCUT2D eigenvalue weighted by molar-refractivity contribution is 5.94. The minimum atomic E-state index is -0.714. The minimum absolute atomic E-state index is 0.00393. The molecule has 3 aromatic rings. The lowest BCUT2D eigenvalue weighted by molar-refractivity contribution is 0.0945. The third-order valence-electron chi connectivity index (χ3n) is 3.63. The molecule has 0 aliphatic carbocycles. The van der Waals surface area contributed by atoms with Crippen molar-refractivity contribution in [1.82, 2.24) is 15.3 Å². The van der Waals surface area contributed by atoms with Crippen molar-refractivity contribution in [3.05, 3.63) is 71.7 Å². The number of benzene rings is 2. The van der Waals surface area contributed by atoms with Crippen LogP contribution in [0.1, 0.15) is 16.2 Å². The third kappa shape index (κ3) is 3.65. The zero-order chi connectivity index (χ0) is 17.8. The first-order valence-corrected chi connectivity index (χ1v) is 7.49. The second-order valence-corrected chi connectivity index (χ2v) is 5.25. The van der Waals surface area contributed by atoms with Crippen LogP contribution in [0.25, 0.3) is 11.3 Å². The van der Waals surface area contributed by atoms with E-state index in [9.17, 15) is 13.6 Å². The van der Waals surface area contributed by atoms with E-state index in [-0.39, 0.29) is 23.7 Å². The molecule has 0 fully saturated rings. The second-order valence-electron chi connectivity index (χ2n) is 5.25. The van der Waals surface area contributed by atoms with E-state index in [4.69, 9.17) is 4.74 Å². The predicted molar refractivity (Wildman–Crippen MR) is 88.1 cm³/mol.